The summed E-state index contributed by atoms with van der Waals surface area (Å²) in [7, 11) is 0. The van der Waals surface area contributed by atoms with E-state index in [1.807, 2.05) is 18.2 Å². The van der Waals surface area contributed by atoms with E-state index >= 15 is 0 Å². The zero-order valence-electron chi connectivity index (χ0n) is 21.0. The van der Waals surface area contributed by atoms with E-state index in [0.717, 1.165) is 75.0 Å². The Labute approximate surface area is 216 Å². The van der Waals surface area contributed by atoms with Gasteiger partial charge in [-0.05, 0) is 0 Å². The summed E-state index contributed by atoms with van der Waals surface area (Å²) in [6.07, 6.45) is 9.90. The van der Waals surface area contributed by atoms with Gasteiger partial charge in [0.25, 0.3) is 0 Å². The Morgan fingerprint density at radius 2 is 0.765 bits per heavy atom. The molecule has 182 valence electrons. The molecule has 3 rings (SSSR count). The fourth-order valence-electron chi connectivity index (χ4n) is 3.80. The Hall–Kier alpha value is -2.06. The van der Waals surface area contributed by atoms with Gasteiger partial charge in [-0.1, -0.05) is 0 Å². The third-order valence-corrected chi connectivity index (χ3v) is 9.87. The molecule has 3 aromatic rings. The van der Waals surface area contributed by atoms with Gasteiger partial charge in [-0.25, -0.2) is 0 Å². The average molecular weight is 657 g/mol. The van der Waals surface area contributed by atoms with E-state index in [9.17, 15) is 0 Å². The maximum atomic E-state index is 6.63. The van der Waals surface area contributed by atoms with Crippen LogP contribution in [-0.2, 0) is 19.3 Å². The van der Waals surface area contributed by atoms with Crippen LogP contribution in [0.3, 0.4) is 0 Å². The topological polar surface area (TPSA) is 27.7 Å². The summed E-state index contributed by atoms with van der Waals surface area (Å²) < 4.78 is 19.9. The summed E-state index contributed by atoms with van der Waals surface area (Å²) in [4.78, 5) is 0. The van der Waals surface area contributed by atoms with Gasteiger partial charge in [-0.2, -0.15) is 0 Å². The van der Waals surface area contributed by atoms with Crippen LogP contribution in [0.5, 0.6) is 17.2 Å². The molecule has 0 aliphatic rings. The molecule has 0 saturated heterocycles. The fraction of sp³-hybridized carbons (Fsp3) is 0.400. The number of para-hydroxylation sites is 3. The zero-order chi connectivity index (χ0) is 24.0. The second-order valence-corrected chi connectivity index (χ2v) is 12.5. The van der Waals surface area contributed by atoms with Crippen LogP contribution in [0.2, 0.25) is 0 Å². The van der Waals surface area contributed by atoms with Crippen molar-refractivity contribution in [2.75, 3.05) is 0 Å². The van der Waals surface area contributed by atoms with E-state index in [1.54, 1.807) is 0 Å². The first kappa shape index (κ1) is 26.5. The number of rotatable bonds is 15. The van der Waals surface area contributed by atoms with Gasteiger partial charge in [0.1, 0.15) is 0 Å². The molecule has 0 atom stereocenters. The van der Waals surface area contributed by atoms with Gasteiger partial charge in [0.15, 0.2) is 0 Å². The molecule has 0 aliphatic heterocycles. The van der Waals surface area contributed by atoms with Crippen LogP contribution < -0.4 is 8.44 Å². The molecule has 0 heterocycles. The summed E-state index contributed by atoms with van der Waals surface area (Å²) in [6.45, 7) is 6.66. The molecule has 0 aliphatic carbocycles. The van der Waals surface area contributed by atoms with Crippen LogP contribution in [0.1, 0.15) is 76.0 Å². The average Bonchev–Trinajstić information content (AvgIpc) is 2.87. The standard InChI is InChI=1S/3C10H14O.Bi/c3*1-2-3-6-9-7-4-5-8-10(9)11;/h3*4-5,7-8,11H,2-3,6H2,1H3;/q;;;+3/p-3. The minimum absolute atomic E-state index is 0.908. The molecule has 0 N–H and O–H groups in total. The Bertz CT molecular complexity index is 861. The molecule has 34 heavy (non-hydrogen) atoms. The summed E-state index contributed by atoms with van der Waals surface area (Å²) in [5.41, 5.74) is 3.69. The third kappa shape index (κ3) is 8.31. The third-order valence-electron chi connectivity index (χ3n) is 5.84. The van der Waals surface area contributed by atoms with Crippen molar-refractivity contribution >= 4 is 23.1 Å². The zero-order valence-corrected chi connectivity index (χ0v) is 24.4. The molecule has 0 unspecified atom stereocenters. The van der Waals surface area contributed by atoms with Crippen LogP contribution in [0.15, 0.2) is 72.8 Å². The van der Waals surface area contributed by atoms with Crippen LogP contribution in [0.4, 0.5) is 0 Å². The van der Waals surface area contributed by atoms with E-state index in [2.05, 4.69) is 75.4 Å². The summed E-state index contributed by atoms with van der Waals surface area (Å²) >= 11 is -3.40. The van der Waals surface area contributed by atoms with E-state index < -0.39 is 23.1 Å². The van der Waals surface area contributed by atoms with Crippen LogP contribution >= 0.6 is 0 Å². The minimum atomic E-state index is -3.40. The Morgan fingerprint density at radius 3 is 1.06 bits per heavy atom. The van der Waals surface area contributed by atoms with E-state index in [0.29, 0.717) is 0 Å². The first-order valence-corrected chi connectivity index (χ1v) is 17.1. The molecule has 0 aromatic heterocycles. The van der Waals surface area contributed by atoms with E-state index in [4.69, 9.17) is 8.44 Å². The molecule has 0 fully saturated rings. The van der Waals surface area contributed by atoms with Gasteiger partial charge < -0.3 is 0 Å². The molecule has 0 saturated carbocycles. The van der Waals surface area contributed by atoms with Gasteiger partial charge in [0.2, 0.25) is 0 Å². The van der Waals surface area contributed by atoms with Crippen molar-refractivity contribution in [1.29, 1.82) is 0 Å². The van der Waals surface area contributed by atoms with Gasteiger partial charge >= 0.3 is 217 Å². The molecule has 3 nitrogen and oxygen atoms in total. The Kier molecular flexibility index (Phi) is 11.7. The van der Waals surface area contributed by atoms with Gasteiger partial charge in [-0.15, -0.1) is 0 Å². The quantitative estimate of drug-likeness (QED) is 0.154. The van der Waals surface area contributed by atoms with E-state index in [-0.39, 0.29) is 0 Å². The molecule has 3 aromatic carbocycles. The summed E-state index contributed by atoms with van der Waals surface area (Å²) in [6, 6.07) is 25.1. The van der Waals surface area contributed by atoms with Crippen molar-refractivity contribution < 1.29 is 8.44 Å². The number of aryl methyl sites for hydroxylation is 3. The predicted octanol–water partition coefficient (Wildman–Crippen LogP) is 8.24. The summed E-state index contributed by atoms with van der Waals surface area (Å²) in [5, 5.41) is 0. The molecule has 0 bridgehead atoms. The fourth-order valence-corrected chi connectivity index (χ4v) is 8.18. The Morgan fingerprint density at radius 1 is 0.471 bits per heavy atom. The van der Waals surface area contributed by atoms with Gasteiger partial charge in [0, 0.05) is 0 Å². The van der Waals surface area contributed by atoms with E-state index in [1.165, 1.54) is 16.7 Å². The number of benzene rings is 3. The summed E-state index contributed by atoms with van der Waals surface area (Å²) in [5.74, 6) is 2.72. The second kappa shape index (κ2) is 15.0. The predicted molar refractivity (Wildman–Crippen MR) is 143 cm³/mol. The van der Waals surface area contributed by atoms with Crippen molar-refractivity contribution in [2.24, 2.45) is 0 Å². The SMILES string of the molecule is CCCCc1ccccc1[O][Bi]([O]c1ccccc1CCCC)[O]c1ccccc1CCCC. The van der Waals surface area contributed by atoms with Crippen LogP contribution in [0.25, 0.3) is 0 Å². The molecule has 4 heteroatoms. The van der Waals surface area contributed by atoms with Crippen molar-refractivity contribution in [3.8, 4) is 17.2 Å². The van der Waals surface area contributed by atoms with Crippen LogP contribution in [-0.4, -0.2) is 23.1 Å². The van der Waals surface area contributed by atoms with Gasteiger partial charge in [-0.3, -0.25) is 0 Å². The molecular formula is C30H39BiO3. The number of hydrogen-bond acceptors (Lipinski definition) is 3. The molecule has 0 spiro atoms. The van der Waals surface area contributed by atoms with Crippen LogP contribution in [0, 0.1) is 0 Å². The maximum absolute atomic E-state index is 6.63. The Balaban J connectivity index is 1.89. The number of unbranched alkanes of at least 4 members (excludes halogenated alkanes) is 3. The first-order valence-electron chi connectivity index (χ1n) is 12.8. The van der Waals surface area contributed by atoms with Gasteiger partial charge in [0.05, 0.1) is 0 Å². The number of hydrogen-bond donors (Lipinski definition) is 0. The first-order chi connectivity index (χ1) is 16.7. The van der Waals surface area contributed by atoms with Crippen molar-refractivity contribution in [3.63, 3.8) is 0 Å². The van der Waals surface area contributed by atoms with Crippen molar-refractivity contribution in [2.45, 2.75) is 78.6 Å². The monoisotopic (exact) mass is 656 g/mol. The normalized spacial score (nSPS) is 10.9. The van der Waals surface area contributed by atoms with Crippen molar-refractivity contribution in [1.82, 2.24) is 0 Å². The molecule has 0 radical (unpaired) electrons. The molecular weight excluding hydrogens is 617 g/mol. The molecule has 0 amide bonds. The second-order valence-electron chi connectivity index (χ2n) is 8.63. The van der Waals surface area contributed by atoms with Crippen molar-refractivity contribution in [3.05, 3.63) is 89.5 Å².